The number of carbonyl (C=O) groups excluding carboxylic acids is 2. The van der Waals surface area contributed by atoms with E-state index in [4.69, 9.17) is 19.9 Å². The Morgan fingerprint density at radius 3 is 1.93 bits per heavy atom. The van der Waals surface area contributed by atoms with Crippen molar-refractivity contribution in [3.8, 4) is 17.2 Å². The summed E-state index contributed by atoms with van der Waals surface area (Å²) in [6.45, 7) is 1.72. The summed E-state index contributed by atoms with van der Waals surface area (Å²) in [6, 6.07) is 9.21. The number of hydrogen-bond donors (Lipinski definition) is 3. The van der Waals surface area contributed by atoms with Gasteiger partial charge in [-0.15, -0.1) is 0 Å². The number of ether oxygens (including phenoxy) is 3. The van der Waals surface area contributed by atoms with E-state index in [1.54, 1.807) is 43.3 Å². The zero-order valence-electron chi connectivity index (χ0n) is 15.7. The predicted octanol–water partition coefficient (Wildman–Crippen LogP) is 2.25. The van der Waals surface area contributed by atoms with E-state index in [0.717, 1.165) is 0 Å². The minimum absolute atomic E-state index is 0.254. The minimum atomic E-state index is -0.552. The molecule has 0 aliphatic rings. The van der Waals surface area contributed by atoms with Crippen molar-refractivity contribution in [3.05, 3.63) is 42.0 Å². The van der Waals surface area contributed by atoms with Crippen molar-refractivity contribution in [1.82, 2.24) is 0 Å². The first kappa shape index (κ1) is 19.9. The van der Waals surface area contributed by atoms with Crippen molar-refractivity contribution >= 4 is 23.2 Å². The fraction of sp³-hybridized carbons (Fsp3) is 0.263. The molecule has 0 aliphatic carbocycles. The van der Waals surface area contributed by atoms with Gasteiger partial charge < -0.3 is 30.6 Å². The zero-order valence-corrected chi connectivity index (χ0v) is 15.7. The third-order valence-corrected chi connectivity index (χ3v) is 3.88. The molecular weight excluding hydrogens is 350 g/mol. The largest absolute Gasteiger partial charge is 0.493 e. The van der Waals surface area contributed by atoms with Crippen LogP contribution in [0.15, 0.2) is 36.4 Å². The molecule has 0 radical (unpaired) electrons. The highest BCUT2D eigenvalue weighted by molar-refractivity contribution is 5.97. The van der Waals surface area contributed by atoms with E-state index in [2.05, 4.69) is 10.6 Å². The molecule has 4 N–H and O–H groups in total. The molecule has 8 nitrogen and oxygen atoms in total. The molecule has 2 aromatic carbocycles. The lowest BCUT2D eigenvalue weighted by molar-refractivity contribution is -0.116. The molecule has 144 valence electrons. The molecule has 2 rings (SSSR count). The van der Waals surface area contributed by atoms with E-state index in [-0.39, 0.29) is 5.91 Å². The highest BCUT2D eigenvalue weighted by Gasteiger charge is 2.17. The van der Waals surface area contributed by atoms with E-state index in [0.29, 0.717) is 34.2 Å². The molecule has 2 amide bonds. The molecule has 27 heavy (non-hydrogen) atoms. The van der Waals surface area contributed by atoms with Crippen LogP contribution in [0.2, 0.25) is 0 Å². The summed E-state index contributed by atoms with van der Waals surface area (Å²) in [5.41, 5.74) is 6.77. The molecule has 0 heterocycles. The molecule has 0 bridgehead atoms. The van der Waals surface area contributed by atoms with Gasteiger partial charge in [0.05, 0.1) is 21.3 Å². The number of benzene rings is 2. The van der Waals surface area contributed by atoms with Gasteiger partial charge in [0.2, 0.25) is 17.6 Å². The minimum Gasteiger partial charge on any atom is -0.493 e. The maximum atomic E-state index is 12.4. The Labute approximate surface area is 157 Å². The monoisotopic (exact) mass is 373 g/mol. The first-order chi connectivity index (χ1) is 12.9. The van der Waals surface area contributed by atoms with E-state index in [9.17, 15) is 9.59 Å². The normalized spacial score (nSPS) is 11.3. The lowest BCUT2D eigenvalue weighted by atomic mass is 10.2. The van der Waals surface area contributed by atoms with Gasteiger partial charge in [-0.05, 0) is 31.2 Å². The van der Waals surface area contributed by atoms with Crippen molar-refractivity contribution in [2.45, 2.75) is 13.0 Å². The molecule has 1 atom stereocenters. The topological polar surface area (TPSA) is 112 Å². The van der Waals surface area contributed by atoms with Crippen LogP contribution in [-0.4, -0.2) is 39.2 Å². The quantitative estimate of drug-likeness (QED) is 0.654. The second-order valence-corrected chi connectivity index (χ2v) is 5.71. The maximum absolute atomic E-state index is 12.4. The third kappa shape index (κ3) is 4.81. The number of nitrogens with one attached hydrogen (secondary N) is 2. The first-order valence-corrected chi connectivity index (χ1v) is 8.16. The van der Waals surface area contributed by atoms with Crippen molar-refractivity contribution in [2.24, 2.45) is 5.73 Å². The van der Waals surface area contributed by atoms with Gasteiger partial charge in [0.25, 0.3) is 0 Å². The van der Waals surface area contributed by atoms with Crippen LogP contribution in [0.4, 0.5) is 11.4 Å². The number of anilines is 2. The SMILES string of the molecule is COc1cc(NC(C)C(=O)Nc2ccc(C(N)=O)cc2)cc(OC)c1OC. The molecule has 0 aliphatic heterocycles. The molecule has 0 aromatic heterocycles. The van der Waals surface area contributed by atoms with E-state index >= 15 is 0 Å². The molecule has 0 spiro atoms. The van der Waals surface area contributed by atoms with Crippen LogP contribution in [0, 0.1) is 0 Å². The number of primary amides is 1. The fourth-order valence-corrected chi connectivity index (χ4v) is 2.45. The van der Waals surface area contributed by atoms with E-state index in [1.807, 2.05) is 0 Å². The molecule has 0 fully saturated rings. The van der Waals surface area contributed by atoms with Gasteiger partial charge in [0, 0.05) is 29.1 Å². The Kier molecular flexibility index (Phi) is 6.48. The number of methoxy groups -OCH3 is 3. The average molecular weight is 373 g/mol. The Balaban J connectivity index is 2.10. The van der Waals surface area contributed by atoms with E-state index < -0.39 is 11.9 Å². The van der Waals surface area contributed by atoms with Gasteiger partial charge in [-0.3, -0.25) is 9.59 Å². The van der Waals surface area contributed by atoms with Gasteiger partial charge in [-0.2, -0.15) is 0 Å². The van der Waals surface area contributed by atoms with Gasteiger partial charge in [-0.25, -0.2) is 0 Å². The lowest BCUT2D eigenvalue weighted by Gasteiger charge is -2.18. The van der Waals surface area contributed by atoms with Crippen LogP contribution < -0.4 is 30.6 Å². The van der Waals surface area contributed by atoms with Crippen LogP contribution >= 0.6 is 0 Å². The van der Waals surface area contributed by atoms with Crippen molar-refractivity contribution < 1.29 is 23.8 Å². The van der Waals surface area contributed by atoms with Crippen molar-refractivity contribution in [3.63, 3.8) is 0 Å². The summed E-state index contributed by atoms with van der Waals surface area (Å²) in [4.78, 5) is 23.5. The number of nitrogens with two attached hydrogens (primary N) is 1. The summed E-state index contributed by atoms with van der Waals surface area (Å²) < 4.78 is 15.9. The molecule has 8 heteroatoms. The second-order valence-electron chi connectivity index (χ2n) is 5.71. The zero-order chi connectivity index (χ0) is 20.0. The summed E-state index contributed by atoms with van der Waals surface area (Å²) in [6.07, 6.45) is 0. The molecule has 0 saturated heterocycles. The van der Waals surface area contributed by atoms with Gasteiger partial charge in [-0.1, -0.05) is 0 Å². The predicted molar refractivity (Wildman–Crippen MR) is 103 cm³/mol. The number of amides is 2. The Hall–Kier alpha value is -3.42. The number of hydrogen-bond acceptors (Lipinski definition) is 6. The van der Waals surface area contributed by atoms with E-state index in [1.165, 1.54) is 21.3 Å². The van der Waals surface area contributed by atoms with Gasteiger partial charge in [0.15, 0.2) is 11.5 Å². The van der Waals surface area contributed by atoms with Crippen LogP contribution in [0.25, 0.3) is 0 Å². The van der Waals surface area contributed by atoms with Crippen molar-refractivity contribution in [2.75, 3.05) is 32.0 Å². The first-order valence-electron chi connectivity index (χ1n) is 8.16. The summed E-state index contributed by atoms with van der Waals surface area (Å²) in [5, 5.41) is 5.86. The van der Waals surface area contributed by atoms with Gasteiger partial charge >= 0.3 is 0 Å². The lowest BCUT2D eigenvalue weighted by Crippen LogP contribution is -2.31. The van der Waals surface area contributed by atoms with Crippen LogP contribution in [-0.2, 0) is 4.79 Å². The maximum Gasteiger partial charge on any atom is 0.248 e. The molecular formula is C19H23N3O5. The smallest absolute Gasteiger partial charge is 0.248 e. The Morgan fingerprint density at radius 2 is 1.48 bits per heavy atom. The molecule has 0 saturated carbocycles. The number of carbonyl (C=O) groups is 2. The van der Waals surface area contributed by atoms with Crippen LogP contribution in [0.3, 0.4) is 0 Å². The fourth-order valence-electron chi connectivity index (χ4n) is 2.45. The molecule has 1 unspecified atom stereocenters. The van der Waals surface area contributed by atoms with Crippen molar-refractivity contribution in [1.29, 1.82) is 0 Å². The van der Waals surface area contributed by atoms with Crippen LogP contribution in [0.5, 0.6) is 17.2 Å². The average Bonchev–Trinajstić information content (AvgIpc) is 2.67. The highest BCUT2D eigenvalue weighted by atomic mass is 16.5. The Bertz CT molecular complexity index is 796. The standard InChI is InChI=1S/C19H23N3O5/c1-11(19(24)22-13-7-5-12(6-8-13)18(20)23)21-14-9-15(25-2)17(27-4)16(10-14)26-3/h5-11,21H,1-4H3,(H2,20,23)(H,22,24). The van der Waals surface area contributed by atoms with Gasteiger partial charge in [0.1, 0.15) is 6.04 Å². The Morgan fingerprint density at radius 1 is 0.926 bits per heavy atom. The summed E-state index contributed by atoms with van der Waals surface area (Å²) >= 11 is 0. The van der Waals surface area contributed by atoms with Crippen LogP contribution in [0.1, 0.15) is 17.3 Å². The second kappa shape index (κ2) is 8.79. The molecule has 2 aromatic rings. The highest BCUT2D eigenvalue weighted by Crippen LogP contribution is 2.40. The summed E-state index contributed by atoms with van der Waals surface area (Å²) in [7, 11) is 4.56. The third-order valence-electron chi connectivity index (χ3n) is 3.88. The number of rotatable bonds is 8. The summed E-state index contributed by atoms with van der Waals surface area (Å²) in [5.74, 6) is 0.654.